The molecule has 3 rings (SSSR count). The molecule has 0 saturated heterocycles. The van der Waals surface area contributed by atoms with Gasteiger partial charge in [-0.05, 0) is 42.8 Å². The summed E-state index contributed by atoms with van der Waals surface area (Å²) in [5, 5.41) is 0.538. The Hall–Kier alpha value is -2.14. The monoisotopic (exact) mass is 344 g/mol. The molecule has 4 nitrogen and oxygen atoms in total. The smallest absolute Gasteiger partial charge is 0.265 e. The minimum Gasteiger partial charge on any atom is -0.497 e. The van der Waals surface area contributed by atoms with Gasteiger partial charge < -0.3 is 4.74 Å². The van der Waals surface area contributed by atoms with E-state index in [1.807, 2.05) is 25.1 Å². The quantitative estimate of drug-likeness (QED) is 0.714. The molecule has 3 aromatic rings. The third-order valence-corrected chi connectivity index (χ3v) is 4.32. The molecule has 0 fully saturated rings. The lowest BCUT2D eigenvalue weighted by atomic mass is 10.2. The molecular formula is C16H13BrN2O2. The van der Waals surface area contributed by atoms with Gasteiger partial charge in [0.25, 0.3) is 5.56 Å². The summed E-state index contributed by atoms with van der Waals surface area (Å²) < 4.78 is 7.70. The summed E-state index contributed by atoms with van der Waals surface area (Å²) in [5.74, 6) is 0.644. The van der Waals surface area contributed by atoms with Crippen LogP contribution in [0.2, 0.25) is 0 Å². The standard InChI is InChI=1S/C16H13BrN2O2/c1-10-13(17)4-3-5-15(10)19-9-18-14-7-6-11(21-2)8-12(14)16(19)20/h3-9H,1-2H3. The Morgan fingerprint density at radius 3 is 2.81 bits per heavy atom. The lowest BCUT2D eigenvalue weighted by molar-refractivity contribution is 0.415. The van der Waals surface area contributed by atoms with Crippen LogP contribution in [0.15, 0.2) is 52.0 Å². The number of fused-ring (bicyclic) bond motifs is 1. The Morgan fingerprint density at radius 1 is 1.24 bits per heavy atom. The second-order valence-corrected chi connectivity index (χ2v) is 5.54. The van der Waals surface area contributed by atoms with Crippen molar-refractivity contribution < 1.29 is 4.74 Å². The first-order chi connectivity index (χ1) is 10.1. The van der Waals surface area contributed by atoms with E-state index in [9.17, 15) is 4.79 Å². The van der Waals surface area contributed by atoms with Crippen LogP contribution in [-0.4, -0.2) is 16.7 Å². The summed E-state index contributed by atoms with van der Waals surface area (Å²) in [5.41, 5.74) is 2.35. The Bertz CT molecular complexity index is 887. The number of ether oxygens (including phenoxy) is 1. The van der Waals surface area contributed by atoms with Gasteiger partial charge in [-0.15, -0.1) is 0 Å². The van der Waals surface area contributed by atoms with E-state index < -0.39 is 0 Å². The number of hydrogen-bond acceptors (Lipinski definition) is 3. The number of hydrogen-bond donors (Lipinski definition) is 0. The molecule has 1 heterocycles. The van der Waals surface area contributed by atoms with E-state index in [1.54, 1.807) is 36.2 Å². The molecule has 0 N–H and O–H groups in total. The SMILES string of the molecule is COc1ccc2ncn(-c3cccc(Br)c3C)c(=O)c2c1. The second-order valence-electron chi connectivity index (χ2n) is 4.69. The lowest BCUT2D eigenvalue weighted by Gasteiger charge is -2.11. The average Bonchev–Trinajstić information content (AvgIpc) is 2.51. The Morgan fingerprint density at radius 2 is 2.05 bits per heavy atom. The first-order valence-corrected chi connectivity index (χ1v) is 7.22. The maximum absolute atomic E-state index is 12.7. The Kier molecular flexibility index (Phi) is 3.51. The minimum absolute atomic E-state index is 0.111. The lowest BCUT2D eigenvalue weighted by Crippen LogP contribution is -2.19. The molecule has 0 saturated carbocycles. The van der Waals surface area contributed by atoms with Gasteiger partial charge in [-0.3, -0.25) is 9.36 Å². The molecule has 1 aromatic heterocycles. The molecule has 0 radical (unpaired) electrons. The molecule has 0 atom stereocenters. The molecule has 5 heteroatoms. The molecule has 0 aliphatic rings. The van der Waals surface area contributed by atoms with Crippen molar-refractivity contribution in [2.75, 3.05) is 7.11 Å². The third-order valence-electron chi connectivity index (χ3n) is 3.46. The zero-order valence-electron chi connectivity index (χ0n) is 11.6. The van der Waals surface area contributed by atoms with Crippen molar-refractivity contribution in [2.45, 2.75) is 6.92 Å². The van der Waals surface area contributed by atoms with Gasteiger partial charge in [-0.2, -0.15) is 0 Å². The highest BCUT2D eigenvalue weighted by molar-refractivity contribution is 9.10. The van der Waals surface area contributed by atoms with E-state index in [2.05, 4.69) is 20.9 Å². The third kappa shape index (κ3) is 2.34. The summed E-state index contributed by atoms with van der Waals surface area (Å²) >= 11 is 3.48. The van der Waals surface area contributed by atoms with E-state index >= 15 is 0 Å². The van der Waals surface area contributed by atoms with Crippen LogP contribution in [0.3, 0.4) is 0 Å². The van der Waals surface area contributed by atoms with Crippen molar-refractivity contribution in [3.05, 3.63) is 63.1 Å². The van der Waals surface area contributed by atoms with E-state index in [4.69, 9.17) is 4.74 Å². The zero-order chi connectivity index (χ0) is 15.0. The largest absolute Gasteiger partial charge is 0.497 e. The van der Waals surface area contributed by atoms with Crippen LogP contribution < -0.4 is 10.3 Å². The van der Waals surface area contributed by atoms with Crippen molar-refractivity contribution in [1.82, 2.24) is 9.55 Å². The van der Waals surface area contributed by atoms with Gasteiger partial charge in [0.2, 0.25) is 0 Å². The summed E-state index contributed by atoms with van der Waals surface area (Å²) in [4.78, 5) is 17.1. The molecule has 0 bridgehead atoms. The van der Waals surface area contributed by atoms with Crippen LogP contribution in [0.25, 0.3) is 16.6 Å². The predicted molar refractivity (Wildman–Crippen MR) is 86.3 cm³/mol. The van der Waals surface area contributed by atoms with E-state index in [-0.39, 0.29) is 5.56 Å². The molecule has 0 aliphatic heterocycles. The van der Waals surface area contributed by atoms with Gasteiger partial charge in [-0.25, -0.2) is 4.98 Å². The Balaban J connectivity index is 2.31. The highest BCUT2D eigenvalue weighted by atomic mass is 79.9. The van der Waals surface area contributed by atoms with Crippen molar-refractivity contribution in [3.8, 4) is 11.4 Å². The number of halogens is 1. The zero-order valence-corrected chi connectivity index (χ0v) is 13.2. The highest BCUT2D eigenvalue weighted by Crippen LogP contribution is 2.22. The number of nitrogens with zero attached hydrogens (tertiary/aromatic N) is 2. The number of aromatic nitrogens is 2. The van der Waals surface area contributed by atoms with Crippen molar-refractivity contribution in [2.24, 2.45) is 0 Å². The maximum atomic E-state index is 12.7. The van der Waals surface area contributed by atoms with Gasteiger partial charge in [0.05, 0.1) is 23.7 Å². The fourth-order valence-electron chi connectivity index (χ4n) is 2.26. The first kappa shape index (κ1) is 13.8. The van der Waals surface area contributed by atoms with Gasteiger partial charge in [0, 0.05) is 4.47 Å². The van der Waals surface area contributed by atoms with Crippen LogP contribution in [0.5, 0.6) is 5.75 Å². The van der Waals surface area contributed by atoms with E-state index in [1.165, 1.54) is 0 Å². The maximum Gasteiger partial charge on any atom is 0.265 e. The molecular weight excluding hydrogens is 332 g/mol. The van der Waals surface area contributed by atoms with Crippen LogP contribution in [0.4, 0.5) is 0 Å². The number of benzene rings is 2. The van der Waals surface area contributed by atoms with Crippen molar-refractivity contribution >= 4 is 26.8 Å². The van der Waals surface area contributed by atoms with E-state index in [0.29, 0.717) is 16.7 Å². The fraction of sp³-hybridized carbons (Fsp3) is 0.125. The molecule has 2 aromatic carbocycles. The summed E-state index contributed by atoms with van der Waals surface area (Å²) in [6.45, 7) is 1.96. The van der Waals surface area contributed by atoms with Gasteiger partial charge in [-0.1, -0.05) is 22.0 Å². The molecule has 0 aliphatic carbocycles. The molecule has 106 valence electrons. The second kappa shape index (κ2) is 5.33. The Labute approximate surface area is 130 Å². The van der Waals surface area contributed by atoms with Crippen molar-refractivity contribution in [1.29, 1.82) is 0 Å². The van der Waals surface area contributed by atoms with E-state index in [0.717, 1.165) is 15.7 Å². The molecule has 0 unspecified atom stereocenters. The topological polar surface area (TPSA) is 44.1 Å². The van der Waals surface area contributed by atoms with Crippen LogP contribution in [0.1, 0.15) is 5.56 Å². The minimum atomic E-state index is -0.111. The highest BCUT2D eigenvalue weighted by Gasteiger charge is 2.10. The van der Waals surface area contributed by atoms with Crippen LogP contribution in [0, 0.1) is 6.92 Å². The molecule has 0 spiro atoms. The first-order valence-electron chi connectivity index (χ1n) is 6.42. The van der Waals surface area contributed by atoms with Gasteiger partial charge in [0.1, 0.15) is 12.1 Å². The number of rotatable bonds is 2. The van der Waals surface area contributed by atoms with Gasteiger partial charge in [0.15, 0.2) is 0 Å². The van der Waals surface area contributed by atoms with Crippen molar-refractivity contribution in [3.63, 3.8) is 0 Å². The average molecular weight is 345 g/mol. The predicted octanol–water partition coefficient (Wildman–Crippen LogP) is 3.47. The van der Waals surface area contributed by atoms with Gasteiger partial charge >= 0.3 is 0 Å². The fourth-order valence-corrected chi connectivity index (χ4v) is 2.61. The summed E-state index contributed by atoms with van der Waals surface area (Å²) in [7, 11) is 1.58. The van der Waals surface area contributed by atoms with Crippen LogP contribution >= 0.6 is 15.9 Å². The molecule has 21 heavy (non-hydrogen) atoms. The van der Waals surface area contributed by atoms with Crippen LogP contribution in [-0.2, 0) is 0 Å². The molecule has 0 amide bonds. The summed E-state index contributed by atoms with van der Waals surface area (Å²) in [6, 6.07) is 11.0. The normalized spacial score (nSPS) is 10.8. The summed E-state index contributed by atoms with van der Waals surface area (Å²) in [6.07, 6.45) is 1.56. The number of methoxy groups -OCH3 is 1.